The maximum atomic E-state index is 11.6. The maximum Gasteiger partial charge on any atom is 0.317 e. The molecule has 0 radical (unpaired) electrons. The smallest absolute Gasteiger partial charge is 0.317 e. The number of aliphatic carboxylic acids is 1. The Hall–Kier alpha value is -1.34. The van der Waals surface area contributed by atoms with Crippen LogP contribution < -0.4 is 5.32 Å². The summed E-state index contributed by atoms with van der Waals surface area (Å²) in [7, 11) is 1.68. The van der Waals surface area contributed by atoms with Crippen molar-refractivity contribution in [3.05, 3.63) is 0 Å². The van der Waals surface area contributed by atoms with E-state index in [0.717, 1.165) is 0 Å². The third kappa shape index (κ3) is 11.5. The number of ether oxygens (including phenoxy) is 2. The normalized spacial score (nSPS) is 10.5. The fourth-order valence-electron chi connectivity index (χ4n) is 1.15. The van der Waals surface area contributed by atoms with Crippen LogP contribution in [0, 0.1) is 0 Å². The van der Waals surface area contributed by atoms with E-state index in [2.05, 4.69) is 5.32 Å². The average Bonchev–Trinajstić information content (AvgIpc) is 2.32. The first-order chi connectivity index (χ1) is 8.93. The molecule has 0 rings (SSSR count). The number of rotatable bonds is 10. The number of carbonyl (C=O) groups excluding carboxylic acids is 1. The molecule has 19 heavy (non-hydrogen) atoms. The number of likely N-dealkylation sites (N-methyl/N-ethyl adjacent to an activating group) is 1. The highest BCUT2D eigenvalue weighted by Gasteiger charge is 2.07. The fraction of sp³-hybridized carbons (Fsp3) is 0.833. The van der Waals surface area contributed by atoms with Gasteiger partial charge in [0.2, 0.25) is 0 Å². The molecule has 0 aromatic heterocycles. The van der Waals surface area contributed by atoms with E-state index in [1.54, 1.807) is 7.05 Å². The lowest BCUT2D eigenvalue weighted by Gasteiger charge is -2.18. The molecule has 0 saturated heterocycles. The molecular weight excluding hydrogens is 252 g/mol. The van der Waals surface area contributed by atoms with Crippen LogP contribution in [-0.2, 0) is 14.3 Å². The van der Waals surface area contributed by atoms with Gasteiger partial charge in [-0.2, -0.15) is 0 Å². The molecule has 0 aliphatic heterocycles. The number of carboxylic acids is 1. The van der Waals surface area contributed by atoms with Gasteiger partial charge >= 0.3 is 12.0 Å². The van der Waals surface area contributed by atoms with E-state index < -0.39 is 5.97 Å². The largest absolute Gasteiger partial charge is 0.481 e. The zero-order chi connectivity index (χ0) is 14.7. The Kier molecular flexibility index (Phi) is 9.82. The van der Waals surface area contributed by atoms with Gasteiger partial charge in [0.05, 0.1) is 32.3 Å². The van der Waals surface area contributed by atoms with Crippen molar-refractivity contribution in [3.63, 3.8) is 0 Å². The van der Waals surface area contributed by atoms with Crippen LogP contribution in [0.4, 0.5) is 4.79 Å². The van der Waals surface area contributed by atoms with E-state index in [9.17, 15) is 9.59 Å². The van der Waals surface area contributed by atoms with Crippen molar-refractivity contribution in [1.29, 1.82) is 0 Å². The molecule has 0 fully saturated rings. The molecule has 2 N–H and O–H groups in total. The van der Waals surface area contributed by atoms with Gasteiger partial charge in [-0.3, -0.25) is 4.79 Å². The number of amides is 2. The molecule has 0 aromatic rings. The summed E-state index contributed by atoms with van der Waals surface area (Å²) in [6.45, 7) is 5.70. The predicted molar refractivity (Wildman–Crippen MR) is 70.2 cm³/mol. The molecule has 7 nitrogen and oxygen atoms in total. The Morgan fingerprint density at radius 1 is 1.26 bits per heavy atom. The van der Waals surface area contributed by atoms with Gasteiger partial charge in [-0.1, -0.05) is 0 Å². The summed E-state index contributed by atoms with van der Waals surface area (Å²) in [5.74, 6) is -0.895. The highest BCUT2D eigenvalue weighted by atomic mass is 16.5. The fourth-order valence-corrected chi connectivity index (χ4v) is 1.15. The van der Waals surface area contributed by atoms with Gasteiger partial charge in [0.15, 0.2) is 0 Å². The van der Waals surface area contributed by atoms with E-state index in [1.165, 1.54) is 4.90 Å². The number of hydrogen-bond donors (Lipinski definition) is 2. The molecule has 0 aliphatic carbocycles. The summed E-state index contributed by atoms with van der Waals surface area (Å²) in [6.07, 6.45) is 0.125. The van der Waals surface area contributed by atoms with Crippen molar-refractivity contribution < 1.29 is 24.2 Å². The average molecular weight is 276 g/mol. The summed E-state index contributed by atoms with van der Waals surface area (Å²) >= 11 is 0. The standard InChI is InChI=1S/C12H24N2O5/c1-10(2)19-9-6-14(3)12(17)13-5-8-18-7-4-11(15)16/h10H,4-9H2,1-3H3,(H,13,17)(H,15,16). The number of nitrogens with zero attached hydrogens (tertiary/aromatic N) is 1. The zero-order valence-electron chi connectivity index (χ0n) is 11.8. The first kappa shape index (κ1) is 17.7. The van der Waals surface area contributed by atoms with Crippen LogP contribution in [0.3, 0.4) is 0 Å². The third-order valence-corrected chi connectivity index (χ3v) is 2.21. The Bertz CT molecular complexity index is 271. The van der Waals surface area contributed by atoms with Crippen LogP contribution in [0.2, 0.25) is 0 Å². The molecule has 112 valence electrons. The molecule has 0 unspecified atom stereocenters. The van der Waals surface area contributed by atoms with Gasteiger partial charge in [0.25, 0.3) is 0 Å². The first-order valence-corrected chi connectivity index (χ1v) is 6.33. The predicted octanol–water partition coefficient (Wildman–Crippen LogP) is 0.544. The molecule has 7 heteroatoms. The third-order valence-electron chi connectivity index (χ3n) is 2.21. The lowest BCUT2D eigenvalue weighted by Crippen LogP contribution is -2.40. The second-order valence-corrected chi connectivity index (χ2v) is 4.33. The zero-order valence-corrected chi connectivity index (χ0v) is 11.8. The van der Waals surface area contributed by atoms with Crippen molar-refractivity contribution in [1.82, 2.24) is 10.2 Å². The Morgan fingerprint density at radius 3 is 2.53 bits per heavy atom. The summed E-state index contributed by atoms with van der Waals surface area (Å²) in [4.78, 5) is 23.3. The van der Waals surface area contributed by atoms with Crippen molar-refractivity contribution >= 4 is 12.0 Å². The van der Waals surface area contributed by atoms with Gasteiger partial charge in [0, 0.05) is 20.1 Å². The number of carboxylic acid groups (broad SMARTS) is 1. The van der Waals surface area contributed by atoms with Crippen molar-refractivity contribution in [2.45, 2.75) is 26.4 Å². The number of urea groups is 1. The lowest BCUT2D eigenvalue weighted by atomic mass is 10.5. The molecule has 2 amide bonds. The van der Waals surface area contributed by atoms with E-state index >= 15 is 0 Å². The van der Waals surface area contributed by atoms with Gasteiger partial charge in [-0.05, 0) is 13.8 Å². The highest BCUT2D eigenvalue weighted by Crippen LogP contribution is 1.90. The molecule has 0 heterocycles. The maximum absolute atomic E-state index is 11.6. The van der Waals surface area contributed by atoms with Gasteiger partial charge in [0.1, 0.15) is 0 Å². The summed E-state index contributed by atoms with van der Waals surface area (Å²) in [5, 5.41) is 11.1. The topological polar surface area (TPSA) is 88.1 Å². The number of hydrogen-bond acceptors (Lipinski definition) is 4. The van der Waals surface area contributed by atoms with E-state index in [0.29, 0.717) is 26.3 Å². The van der Waals surface area contributed by atoms with E-state index in [1.807, 2.05) is 13.8 Å². The Balaban J connectivity index is 3.49. The van der Waals surface area contributed by atoms with Crippen LogP contribution in [0.1, 0.15) is 20.3 Å². The van der Waals surface area contributed by atoms with Crippen LogP contribution in [0.25, 0.3) is 0 Å². The van der Waals surface area contributed by atoms with Gasteiger partial charge < -0.3 is 24.8 Å². The molecule has 0 bridgehead atoms. The monoisotopic (exact) mass is 276 g/mol. The number of carbonyl (C=O) groups is 2. The lowest BCUT2D eigenvalue weighted by molar-refractivity contribution is -0.138. The van der Waals surface area contributed by atoms with Crippen LogP contribution in [-0.4, -0.2) is 68.1 Å². The second kappa shape index (κ2) is 10.6. The quantitative estimate of drug-likeness (QED) is 0.569. The van der Waals surface area contributed by atoms with Crippen molar-refractivity contribution in [3.8, 4) is 0 Å². The van der Waals surface area contributed by atoms with E-state index in [-0.39, 0.29) is 25.2 Å². The Morgan fingerprint density at radius 2 is 1.95 bits per heavy atom. The number of nitrogens with one attached hydrogen (secondary N) is 1. The molecule has 0 spiro atoms. The molecule has 0 aromatic carbocycles. The minimum absolute atomic E-state index is 0.0274. The molecule has 0 saturated carbocycles. The van der Waals surface area contributed by atoms with Crippen molar-refractivity contribution in [2.75, 3.05) is 40.0 Å². The second-order valence-electron chi connectivity index (χ2n) is 4.33. The minimum atomic E-state index is -0.895. The molecule has 0 atom stereocenters. The Labute approximate surface area is 113 Å². The van der Waals surface area contributed by atoms with Gasteiger partial charge in [-0.15, -0.1) is 0 Å². The van der Waals surface area contributed by atoms with Crippen molar-refractivity contribution in [2.24, 2.45) is 0 Å². The SMILES string of the molecule is CC(C)OCCN(C)C(=O)NCCOCCC(=O)O. The summed E-state index contributed by atoms with van der Waals surface area (Å²) in [5.41, 5.74) is 0. The van der Waals surface area contributed by atoms with Crippen LogP contribution in [0.15, 0.2) is 0 Å². The first-order valence-electron chi connectivity index (χ1n) is 6.33. The summed E-state index contributed by atoms with van der Waals surface area (Å²) < 4.78 is 10.4. The van der Waals surface area contributed by atoms with Crippen LogP contribution >= 0.6 is 0 Å². The van der Waals surface area contributed by atoms with Crippen LogP contribution in [0.5, 0.6) is 0 Å². The molecular formula is C12H24N2O5. The van der Waals surface area contributed by atoms with Gasteiger partial charge in [-0.25, -0.2) is 4.79 Å². The molecule has 0 aliphatic rings. The van der Waals surface area contributed by atoms with E-state index in [4.69, 9.17) is 14.6 Å². The minimum Gasteiger partial charge on any atom is -0.481 e. The summed E-state index contributed by atoms with van der Waals surface area (Å²) in [6, 6.07) is -0.200. The highest BCUT2D eigenvalue weighted by molar-refractivity contribution is 5.73.